The molecule has 0 rings (SSSR count). The van der Waals surface area contributed by atoms with Crippen molar-refractivity contribution < 1.29 is 14.6 Å². The van der Waals surface area contributed by atoms with E-state index in [1.54, 1.807) is 0 Å². The van der Waals surface area contributed by atoms with Gasteiger partial charge in [0.25, 0.3) is 0 Å². The van der Waals surface area contributed by atoms with Crippen molar-refractivity contribution in [3.63, 3.8) is 0 Å². The van der Waals surface area contributed by atoms with Crippen molar-refractivity contribution in [3.8, 4) is 0 Å². The van der Waals surface area contributed by atoms with Crippen molar-refractivity contribution in [3.05, 3.63) is 0 Å². The molecule has 3 heteroatoms. The van der Waals surface area contributed by atoms with E-state index in [4.69, 9.17) is 4.74 Å². The molecule has 0 heterocycles. The molecule has 216 valence electrons. The summed E-state index contributed by atoms with van der Waals surface area (Å²) in [7, 11) is 0. The van der Waals surface area contributed by atoms with Gasteiger partial charge in [-0.15, -0.1) is 0 Å². The highest BCUT2D eigenvalue weighted by atomic mass is 16.5. The summed E-state index contributed by atoms with van der Waals surface area (Å²) in [6.45, 7) is 7.42. The molecule has 0 bridgehead atoms. The lowest BCUT2D eigenvalue weighted by molar-refractivity contribution is -0.127. The number of unbranched alkanes of at least 4 members (excludes halogenated alkanes) is 21. The standard InChI is InChI=1S/C33H66O3/c1-4-7-9-11-12-13-14-15-16-17-18-19-20-21-22-23-24-25-26-28-32(34)30-33(35,6-3)31-36-29-27-10-8-5-2/h35H,4-31H2,1-3H3. The second-order valence-corrected chi connectivity index (χ2v) is 11.5. The van der Waals surface area contributed by atoms with Gasteiger partial charge in [0.15, 0.2) is 0 Å². The molecule has 0 aromatic carbocycles. The Hall–Kier alpha value is -0.410. The van der Waals surface area contributed by atoms with E-state index in [-0.39, 0.29) is 12.2 Å². The molecular weight excluding hydrogens is 444 g/mol. The predicted molar refractivity (Wildman–Crippen MR) is 158 cm³/mol. The number of carbonyl (C=O) groups excluding carboxylic acids is 1. The number of carbonyl (C=O) groups is 1. The number of Topliss-reactive ketones (excluding diaryl/α,β-unsaturated/α-hetero) is 1. The van der Waals surface area contributed by atoms with E-state index in [9.17, 15) is 9.90 Å². The lowest BCUT2D eigenvalue weighted by atomic mass is 9.93. The van der Waals surface area contributed by atoms with Gasteiger partial charge < -0.3 is 9.84 Å². The summed E-state index contributed by atoms with van der Waals surface area (Å²) in [6, 6.07) is 0. The van der Waals surface area contributed by atoms with Gasteiger partial charge in [0.2, 0.25) is 0 Å². The van der Waals surface area contributed by atoms with Crippen molar-refractivity contribution >= 4 is 5.78 Å². The highest BCUT2D eigenvalue weighted by Crippen LogP contribution is 2.19. The third-order valence-corrected chi connectivity index (χ3v) is 7.76. The van der Waals surface area contributed by atoms with Crippen LogP contribution >= 0.6 is 0 Å². The number of aliphatic hydroxyl groups is 1. The van der Waals surface area contributed by atoms with E-state index in [0.29, 0.717) is 26.1 Å². The third-order valence-electron chi connectivity index (χ3n) is 7.76. The van der Waals surface area contributed by atoms with Crippen LogP contribution in [0.5, 0.6) is 0 Å². The van der Waals surface area contributed by atoms with E-state index in [2.05, 4.69) is 13.8 Å². The first-order valence-electron chi connectivity index (χ1n) is 16.4. The van der Waals surface area contributed by atoms with Gasteiger partial charge >= 0.3 is 0 Å². The predicted octanol–water partition coefficient (Wildman–Crippen LogP) is 10.5. The van der Waals surface area contributed by atoms with Crippen LogP contribution in [0.1, 0.15) is 188 Å². The Morgan fingerprint density at radius 2 is 0.917 bits per heavy atom. The molecule has 0 aliphatic carbocycles. The summed E-state index contributed by atoms with van der Waals surface area (Å²) in [5.41, 5.74) is -0.976. The first-order chi connectivity index (χ1) is 17.6. The summed E-state index contributed by atoms with van der Waals surface area (Å²) in [6.07, 6.45) is 32.0. The minimum absolute atomic E-state index is 0.195. The molecule has 0 fully saturated rings. The normalized spacial score (nSPS) is 13.2. The molecule has 0 aliphatic rings. The second kappa shape index (κ2) is 27.6. The highest BCUT2D eigenvalue weighted by Gasteiger charge is 2.28. The van der Waals surface area contributed by atoms with Crippen LogP contribution in [-0.2, 0) is 9.53 Å². The molecule has 0 radical (unpaired) electrons. The van der Waals surface area contributed by atoms with Gasteiger partial charge in [-0.3, -0.25) is 4.79 Å². The zero-order chi connectivity index (χ0) is 26.6. The minimum Gasteiger partial charge on any atom is -0.387 e. The molecule has 36 heavy (non-hydrogen) atoms. The van der Waals surface area contributed by atoms with E-state index in [1.165, 1.54) is 128 Å². The maximum atomic E-state index is 12.4. The largest absolute Gasteiger partial charge is 0.387 e. The molecule has 0 aromatic heterocycles. The summed E-state index contributed by atoms with van der Waals surface area (Å²) in [5.74, 6) is 0.195. The number of hydrogen-bond donors (Lipinski definition) is 1. The van der Waals surface area contributed by atoms with E-state index in [0.717, 1.165) is 19.3 Å². The number of hydrogen-bond acceptors (Lipinski definition) is 3. The van der Waals surface area contributed by atoms with Gasteiger partial charge in [0.05, 0.1) is 12.2 Å². The van der Waals surface area contributed by atoms with E-state index in [1.807, 2.05) is 6.92 Å². The third kappa shape index (κ3) is 25.2. The molecule has 3 nitrogen and oxygen atoms in total. The van der Waals surface area contributed by atoms with Gasteiger partial charge in [-0.05, 0) is 19.3 Å². The first-order valence-corrected chi connectivity index (χ1v) is 16.4. The topological polar surface area (TPSA) is 46.5 Å². The molecular formula is C33H66O3. The Balaban J connectivity index is 3.43. The van der Waals surface area contributed by atoms with E-state index >= 15 is 0 Å². The van der Waals surface area contributed by atoms with Gasteiger partial charge in [0, 0.05) is 19.4 Å². The Morgan fingerprint density at radius 1 is 0.556 bits per heavy atom. The van der Waals surface area contributed by atoms with Crippen molar-refractivity contribution in [1.82, 2.24) is 0 Å². The van der Waals surface area contributed by atoms with Gasteiger partial charge in [-0.25, -0.2) is 0 Å². The van der Waals surface area contributed by atoms with Crippen molar-refractivity contribution in [1.29, 1.82) is 0 Å². The molecule has 0 aromatic rings. The fourth-order valence-electron chi connectivity index (χ4n) is 5.03. The molecule has 0 spiro atoms. The summed E-state index contributed by atoms with van der Waals surface area (Å²) >= 11 is 0. The van der Waals surface area contributed by atoms with Crippen LogP contribution in [-0.4, -0.2) is 29.7 Å². The average Bonchev–Trinajstić information content (AvgIpc) is 2.87. The van der Waals surface area contributed by atoms with Crippen LogP contribution in [0.2, 0.25) is 0 Å². The fourth-order valence-corrected chi connectivity index (χ4v) is 5.03. The maximum absolute atomic E-state index is 12.4. The SMILES string of the molecule is CCCCCCCCCCCCCCCCCCCCCC(=O)CC(O)(CC)COCCCCCC. The van der Waals surface area contributed by atoms with Crippen LogP contribution in [0.4, 0.5) is 0 Å². The summed E-state index contributed by atoms with van der Waals surface area (Å²) in [5, 5.41) is 10.7. The Bertz CT molecular complexity index is 450. The highest BCUT2D eigenvalue weighted by molar-refractivity contribution is 5.79. The molecule has 1 unspecified atom stereocenters. The number of ether oxygens (including phenoxy) is 1. The van der Waals surface area contributed by atoms with Gasteiger partial charge in [0.1, 0.15) is 5.78 Å². The Morgan fingerprint density at radius 3 is 1.31 bits per heavy atom. The second-order valence-electron chi connectivity index (χ2n) is 11.5. The van der Waals surface area contributed by atoms with Crippen LogP contribution in [0.3, 0.4) is 0 Å². The van der Waals surface area contributed by atoms with Crippen LogP contribution in [0.15, 0.2) is 0 Å². The lowest BCUT2D eigenvalue weighted by Gasteiger charge is -2.26. The molecule has 0 amide bonds. The summed E-state index contributed by atoms with van der Waals surface area (Å²) in [4.78, 5) is 12.4. The van der Waals surface area contributed by atoms with Crippen LogP contribution < -0.4 is 0 Å². The quantitative estimate of drug-likeness (QED) is 0.0977. The maximum Gasteiger partial charge on any atom is 0.135 e. The molecule has 1 atom stereocenters. The van der Waals surface area contributed by atoms with Gasteiger partial charge in [-0.2, -0.15) is 0 Å². The zero-order valence-electron chi connectivity index (χ0n) is 25.1. The van der Waals surface area contributed by atoms with Gasteiger partial charge in [-0.1, -0.05) is 156 Å². The van der Waals surface area contributed by atoms with E-state index < -0.39 is 5.60 Å². The monoisotopic (exact) mass is 511 g/mol. The van der Waals surface area contributed by atoms with Crippen molar-refractivity contribution in [2.45, 2.75) is 193 Å². The average molecular weight is 511 g/mol. The van der Waals surface area contributed by atoms with Crippen LogP contribution in [0, 0.1) is 0 Å². The zero-order valence-corrected chi connectivity index (χ0v) is 25.1. The lowest BCUT2D eigenvalue weighted by Crippen LogP contribution is -2.36. The molecule has 0 saturated carbocycles. The number of rotatable bonds is 30. The summed E-state index contributed by atoms with van der Waals surface area (Å²) < 4.78 is 5.68. The Labute approximate surface area is 226 Å². The minimum atomic E-state index is -0.976. The fraction of sp³-hybridized carbons (Fsp3) is 0.970. The first kappa shape index (κ1) is 35.6. The molecule has 1 N–H and O–H groups in total. The van der Waals surface area contributed by atoms with Crippen molar-refractivity contribution in [2.75, 3.05) is 13.2 Å². The molecule has 0 aliphatic heterocycles. The number of ketones is 1. The Kier molecular flexibility index (Phi) is 27.3. The van der Waals surface area contributed by atoms with Crippen molar-refractivity contribution in [2.24, 2.45) is 0 Å². The smallest absolute Gasteiger partial charge is 0.135 e. The molecule has 0 saturated heterocycles. The van der Waals surface area contributed by atoms with Crippen LogP contribution in [0.25, 0.3) is 0 Å².